The number of carbonyl (C=O) groups excluding carboxylic acids is 1. The molecule has 0 spiro atoms. The molecule has 1 aromatic rings. The van der Waals surface area contributed by atoms with Crippen molar-refractivity contribution in [3.8, 4) is 5.75 Å². The van der Waals surface area contributed by atoms with E-state index in [4.69, 9.17) is 21.4 Å². The quantitative estimate of drug-likeness (QED) is 0.828. The highest BCUT2D eigenvalue weighted by molar-refractivity contribution is 6.30. The molecule has 1 atom stereocenters. The van der Waals surface area contributed by atoms with E-state index in [0.29, 0.717) is 42.7 Å². The van der Waals surface area contributed by atoms with Gasteiger partial charge in [-0.1, -0.05) is 11.6 Å². The molecule has 1 heterocycles. The van der Waals surface area contributed by atoms with Gasteiger partial charge in [-0.15, -0.1) is 0 Å². The Morgan fingerprint density at radius 3 is 2.70 bits per heavy atom. The number of carboxylic acid groups (broad SMARTS) is 1. The Bertz CT molecular complexity index is 532. The van der Waals surface area contributed by atoms with E-state index in [9.17, 15) is 9.59 Å². The zero-order valence-corrected chi connectivity index (χ0v) is 13.8. The van der Waals surface area contributed by atoms with Crippen molar-refractivity contribution in [1.29, 1.82) is 0 Å². The number of carboxylic acids is 1. The van der Waals surface area contributed by atoms with Gasteiger partial charge in [-0.05, 0) is 49.4 Å². The zero-order chi connectivity index (χ0) is 16.7. The molecular weight excluding hydrogens is 318 g/mol. The second kappa shape index (κ2) is 8.77. The Hall–Kier alpha value is -1.75. The molecule has 1 aliphatic rings. The minimum absolute atomic E-state index is 0.0685. The number of halogens is 1. The van der Waals surface area contributed by atoms with Crippen molar-refractivity contribution in [2.75, 3.05) is 19.7 Å². The number of ether oxygens (including phenoxy) is 1. The van der Waals surface area contributed by atoms with Gasteiger partial charge in [-0.2, -0.15) is 0 Å². The molecule has 0 radical (unpaired) electrons. The molecule has 1 fully saturated rings. The first kappa shape index (κ1) is 17.6. The summed E-state index contributed by atoms with van der Waals surface area (Å²) in [6, 6.07) is 7.04. The van der Waals surface area contributed by atoms with Gasteiger partial charge < -0.3 is 14.7 Å². The number of carbonyl (C=O) groups is 2. The second-order valence-corrected chi connectivity index (χ2v) is 6.27. The first-order valence-corrected chi connectivity index (χ1v) is 8.30. The van der Waals surface area contributed by atoms with Crippen LogP contribution in [-0.4, -0.2) is 41.6 Å². The van der Waals surface area contributed by atoms with Crippen molar-refractivity contribution in [3.63, 3.8) is 0 Å². The molecule has 1 amide bonds. The van der Waals surface area contributed by atoms with Crippen molar-refractivity contribution in [2.45, 2.75) is 32.1 Å². The number of benzene rings is 1. The van der Waals surface area contributed by atoms with Crippen LogP contribution in [0.1, 0.15) is 32.1 Å². The highest BCUT2D eigenvalue weighted by atomic mass is 35.5. The highest BCUT2D eigenvalue weighted by Gasteiger charge is 2.23. The molecule has 5 nitrogen and oxygen atoms in total. The van der Waals surface area contributed by atoms with Gasteiger partial charge in [0.15, 0.2) is 0 Å². The molecule has 0 saturated carbocycles. The fourth-order valence-electron chi connectivity index (χ4n) is 2.80. The molecule has 6 heteroatoms. The summed E-state index contributed by atoms with van der Waals surface area (Å²) in [5.74, 6) is 0.282. The van der Waals surface area contributed by atoms with Crippen molar-refractivity contribution in [2.24, 2.45) is 5.92 Å². The van der Waals surface area contributed by atoms with Crippen LogP contribution in [-0.2, 0) is 9.59 Å². The molecule has 1 N–H and O–H groups in total. The molecule has 126 valence electrons. The number of amides is 1. The van der Waals surface area contributed by atoms with Crippen molar-refractivity contribution in [1.82, 2.24) is 4.90 Å². The van der Waals surface area contributed by atoms with Crippen LogP contribution in [0.2, 0.25) is 5.02 Å². The molecule has 1 aromatic carbocycles. The number of rotatable bonds is 7. The predicted octanol–water partition coefficient (Wildman–Crippen LogP) is 3.21. The summed E-state index contributed by atoms with van der Waals surface area (Å²) in [5.41, 5.74) is 0. The van der Waals surface area contributed by atoms with E-state index in [-0.39, 0.29) is 12.3 Å². The Morgan fingerprint density at radius 2 is 2.00 bits per heavy atom. The lowest BCUT2D eigenvalue weighted by Gasteiger charge is -2.32. The standard InChI is InChI=1S/C17H22ClNO4/c18-14-4-6-15(7-5-14)23-11-9-16(20)19-10-1-2-13(12-19)3-8-17(21)22/h4-7,13H,1-3,8-12H2,(H,21,22). The summed E-state index contributed by atoms with van der Waals surface area (Å²) in [7, 11) is 0. The lowest BCUT2D eigenvalue weighted by atomic mass is 9.93. The lowest BCUT2D eigenvalue weighted by molar-refractivity contribution is -0.137. The number of hydrogen-bond acceptors (Lipinski definition) is 3. The van der Waals surface area contributed by atoms with Crippen LogP contribution >= 0.6 is 11.6 Å². The van der Waals surface area contributed by atoms with E-state index in [1.165, 1.54) is 0 Å². The van der Waals surface area contributed by atoms with Crippen LogP contribution < -0.4 is 4.74 Å². The van der Waals surface area contributed by atoms with Gasteiger partial charge in [0.1, 0.15) is 5.75 Å². The van der Waals surface area contributed by atoms with Gasteiger partial charge in [0.05, 0.1) is 13.0 Å². The van der Waals surface area contributed by atoms with Crippen molar-refractivity contribution in [3.05, 3.63) is 29.3 Å². The first-order chi connectivity index (χ1) is 11.0. The maximum atomic E-state index is 12.2. The van der Waals surface area contributed by atoms with Crippen LogP contribution in [0.4, 0.5) is 0 Å². The summed E-state index contributed by atoms with van der Waals surface area (Å²) >= 11 is 5.80. The zero-order valence-electron chi connectivity index (χ0n) is 13.0. The topological polar surface area (TPSA) is 66.8 Å². The van der Waals surface area contributed by atoms with Gasteiger partial charge in [0.2, 0.25) is 5.91 Å². The number of aliphatic carboxylic acids is 1. The summed E-state index contributed by atoms with van der Waals surface area (Å²) in [5, 5.41) is 9.40. The highest BCUT2D eigenvalue weighted by Crippen LogP contribution is 2.22. The molecule has 23 heavy (non-hydrogen) atoms. The van der Waals surface area contributed by atoms with E-state index in [1.807, 2.05) is 4.90 Å². The largest absolute Gasteiger partial charge is 0.493 e. The maximum Gasteiger partial charge on any atom is 0.303 e. The smallest absolute Gasteiger partial charge is 0.303 e. The van der Waals surface area contributed by atoms with Gasteiger partial charge in [-0.25, -0.2) is 0 Å². The fraction of sp³-hybridized carbons (Fsp3) is 0.529. The Balaban J connectivity index is 1.72. The molecule has 1 aliphatic heterocycles. The third kappa shape index (κ3) is 6.10. The van der Waals surface area contributed by atoms with E-state index in [2.05, 4.69) is 0 Å². The van der Waals surface area contributed by atoms with Crippen LogP contribution in [0, 0.1) is 5.92 Å². The van der Waals surface area contributed by atoms with Crippen molar-refractivity contribution < 1.29 is 19.4 Å². The number of nitrogens with zero attached hydrogens (tertiary/aromatic N) is 1. The molecule has 1 saturated heterocycles. The third-order valence-electron chi connectivity index (χ3n) is 4.04. The van der Waals surface area contributed by atoms with E-state index in [0.717, 1.165) is 19.4 Å². The fourth-order valence-corrected chi connectivity index (χ4v) is 2.93. The molecular formula is C17H22ClNO4. The lowest BCUT2D eigenvalue weighted by Crippen LogP contribution is -2.40. The van der Waals surface area contributed by atoms with Crippen LogP contribution in [0.25, 0.3) is 0 Å². The van der Waals surface area contributed by atoms with Crippen LogP contribution in [0.5, 0.6) is 5.75 Å². The molecule has 0 aromatic heterocycles. The van der Waals surface area contributed by atoms with E-state index in [1.54, 1.807) is 24.3 Å². The summed E-state index contributed by atoms with van der Waals surface area (Å²) in [4.78, 5) is 24.7. The maximum absolute atomic E-state index is 12.2. The predicted molar refractivity (Wildman–Crippen MR) is 87.7 cm³/mol. The normalized spacial score (nSPS) is 17.8. The molecule has 0 bridgehead atoms. The third-order valence-corrected chi connectivity index (χ3v) is 4.29. The second-order valence-electron chi connectivity index (χ2n) is 5.83. The average Bonchev–Trinajstić information content (AvgIpc) is 2.55. The van der Waals surface area contributed by atoms with E-state index < -0.39 is 5.97 Å². The molecule has 0 aliphatic carbocycles. The minimum Gasteiger partial charge on any atom is -0.493 e. The van der Waals surface area contributed by atoms with E-state index >= 15 is 0 Å². The Morgan fingerprint density at radius 1 is 1.26 bits per heavy atom. The van der Waals surface area contributed by atoms with Gasteiger partial charge in [0, 0.05) is 24.5 Å². The first-order valence-electron chi connectivity index (χ1n) is 7.92. The van der Waals surface area contributed by atoms with Gasteiger partial charge in [-0.3, -0.25) is 9.59 Å². The molecule has 1 unspecified atom stereocenters. The number of hydrogen-bond donors (Lipinski definition) is 1. The Labute approximate surface area is 141 Å². The minimum atomic E-state index is -0.773. The summed E-state index contributed by atoms with van der Waals surface area (Å²) in [6.45, 7) is 1.74. The van der Waals surface area contributed by atoms with Crippen LogP contribution in [0.3, 0.4) is 0 Å². The summed E-state index contributed by atoms with van der Waals surface area (Å²) < 4.78 is 5.54. The molecule has 2 rings (SSSR count). The number of piperidine rings is 1. The Kier molecular flexibility index (Phi) is 6.71. The SMILES string of the molecule is O=C(O)CCC1CCCN(C(=O)CCOc2ccc(Cl)cc2)C1. The van der Waals surface area contributed by atoms with Gasteiger partial charge >= 0.3 is 5.97 Å². The summed E-state index contributed by atoms with van der Waals surface area (Å²) in [6.07, 6.45) is 3.08. The van der Waals surface area contributed by atoms with Gasteiger partial charge in [0.25, 0.3) is 0 Å². The van der Waals surface area contributed by atoms with Crippen LogP contribution in [0.15, 0.2) is 24.3 Å². The van der Waals surface area contributed by atoms with Crippen molar-refractivity contribution >= 4 is 23.5 Å². The average molecular weight is 340 g/mol. The number of likely N-dealkylation sites (tertiary alicyclic amines) is 1. The monoisotopic (exact) mass is 339 g/mol.